The number of alkyl halides is 3. The number of aromatic nitrogens is 2. The van der Waals surface area contributed by atoms with E-state index >= 15 is 0 Å². The summed E-state index contributed by atoms with van der Waals surface area (Å²) in [5, 5.41) is 14.0. The zero-order valence-corrected chi connectivity index (χ0v) is 13.6. The fourth-order valence-corrected chi connectivity index (χ4v) is 3.09. The van der Waals surface area contributed by atoms with Gasteiger partial charge in [-0.3, -0.25) is 9.48 Å². The Balaban J connectivity index is 1.90. The first-order chi connectivity index (χ1) is 11.8. The van der Waals surface area contributed by atoms with Gasteiger partial charge in [0.15, 0.2) is 0 Å². The third-order valence-corrected chi connectivity index (χ3v) is 4.34. The van der Waals surface area contributed by atoms with Gasteiger partial charge < -0.3 is 10.0 Å². The second-order valence-electron chi connectivity index (χ2n) is 6.07. The van der Waals surface area contributed by atoms with Crippen LogP contribution in [0.4, 0.5) is 13.2 Å². The van der Waals surface area contributed by atoms with Crippen LogP contribution < -0.4 is 0 Å². The molecular formula is C17H18F3N3O2. The Kier molecular flexibility index (Phi) is 4.55. The van der Waals surface area contributed by atoms with Crippen molar-refractivity contribution in [3.8, 4) is 0 Å². The highest BCUT2D eigenvalue weighted by Gasteiger charge is 2.37. The van der Waals surface area contributed by atoms with E-state index in [0.717, 1.165) is 12.1 Å². The average Bonchev–Trinajstić information content (AvgIpc) is 3.20. The Morgan fingerprint density at radius 1 is 1.40 bits per heavy atom. The van der Waals surface area contributed by atoms with Crippen LogP contribution in [0.25, 0.3) is 0 Å². The van der Waals surface area contributed by atoms with Crippen molar-refractivity contribution in [1.82, 2.24) is 14.7 Å². The van der Waals surface area contributed by atoms with Crippen LogP contribution in [-0.2, 0) is 12.7 Å². The number of hydrogen-bond acceptors (Lipinski definition) is 3. The molecule has 1 amide bonds. The normalized spacial score (nSPS) is 20.9. The van der Waals surface area contributed by atoms with Gasteiger partial charge in [-0.2, -0.15) is 18.3 Å². The van der Waals surface area contributed by atoms with E-state index in [1.165, 1.54) is 17.2 Å². The van der Waals surface area contributed by atoms with Crippen molar-refractivity contribution in [3.05, 3.63) is 53.3 Å². The number of nitrogens with zero attached hydrogens (tertiary/aromatic N) is 3. The van der Waals surface area contributed by atoms with Crippen molar-refractivity contribution in [2.45, 2.75) is 38.2 Å². The second kappa shape index (κ2) is 6.51. The van der Waals surface area contributed by atoms with Crippen molar-refractivity contribution >= 4 is 5.91 Å². The van der Waals surface area contributed by atoms with E-state index in [2.05, 4.69) is 5.10 Å². The van der Waals surface area contributed by atoms with Crippen LogP contribution in [0.3, 0.4) is 0 Å². The van der Waals surface area contributed by atoms with Gasteiger partial charge in [0, 0.05) is 19.3 Å². The molecule has 0 spiro atoms. The first kappa shape index (κ1) is 17.5. The van der Waals surface area contributed by atoms with Gasteiger partial charge in [-0.25, -0.2) is 0 Å². The Morgan fingerprint density at radius 3 is 2.80 bits per heavy atom. The summed E-state index contributed by atoms with van der Waals surface area (Å²) in [5.74, 6) is -0.348. The molecule has 0 unspecified atom stereocenters. The molecule has 8 heteroatoms. The molecule has 2 heterocycles. The maximum Gasteiger partial charge on any atom is 0.416 e. The van der Waals surface area contributed by atoms with Gasteiger partial charge in [-0.1, -0.05) is 12.1 Å². The number of hydrogen-bond donors (Lipinski definition) is 1. The molecule has 1 aliphatic heterocycles. The molecule has 1 aromatic heterocycles. The monoisotopic (exact) mass is 353 g/mol. The van der Waals surface area contributed by atoms with Crippen LogP contribution in [0.1, 0.15) is 40.9 Å². The Bertz CT molecular complexity index is 772. The number of aliphatic hydroxyl groups excluding tert-OH is 1. The number of aryl methyl sites for hydroxylation is 1. The number of carbonyl (C=O) groups is 1. The SMILES string of the molecule is CCn1cc(C(=O)N2C[C@H](O)C[C@H]2c2cccc(C(F)(F)F)c2)cn1. The lowest BCUT2D eigenvalue weighted by Gasteiger charge is -2.25. The van der Waals surface area contributed by atoms with Gasteiger partial charge in [0.25, 0.3) is 5.91 Å². The molecule has 2 aromatic rings. The molecule has 1 aromatic carbocycles. The third kappa shape index (κ3) is 3.53. The van der Waals surface area contributed by atoms with E-state index in [9.17, 15) is 23.1 Å². The van der Waals surface area contributed by atoms with Crippen LogP contribution >= 0.6 is 0 Å². The highest BCUT2D eigenvalue weighted by molar-refractivity contribution is 5.94. The topological polar surface area (TPSA) is 58.4 Å². The lowest BCUT2D eigenvalue weighted by Crippen LogP contribution is -2.31. The molecular weight excluding hydrogens is 335 g/mol. The summed E-state index contributed by atoms with van der Waals surface area (Å²) >= 11 is 0. The summed E-state index contributed by atoms with van der Waals surface area (Å²) in [7, 11) is 0. The fraction of sp³-hybridized carbons (Fsp3) is 0.412. The summed E-state index contributed by atoms with van der Waals surface area (Å²) < 4.78 is 40.5. The molecule has 1 N–H and O–H groups in total. The molecule has 0 radical (unpaired) electrons. The number of amides is 1. The van der Waals surface area contributed by atoms with Crippen LogP contribution in [0.15, 0.2) is 36.7 Å². The van der Waals surface area contributed by atoms with E-state index in [1.54, 1.807) is 16.9 Å². The Hall–Kier alpha value is -2.35. The van der Waals surface area contributed by atoms with Crippen molar-refractivity contribution in [1.29, 1.82) is 0 Å². The zero-order valence-electron chi connectivity index (χ0n) is 13.6. The van der Waals surface area contributed by atoms with Gasteiger partial charge in [-0.05, 0) is 31.0 Å². The molecule has 0 saturated carbocycles. The first-order valence-electron chi connectivity index (χ1n) is 7.98. The Morgan fingerprint density at radius 2 is 2.16 bits per heavy atom. The molecule has 25 heavy (non-hydrogen) atoms. The third-order valence-electron chi connectivity index (χ3n) is 4.34. The van der Waals surface area contributed by atoms with E-state index in [0.29, 0.717) is 17.7 Å². The number of β-amino-alcohol motifs (C(OH)–C–C–N with tert-alkyl or cyclic N) is 1. The number of carbonyl (C=O) groups excluding carboxylic acids is 1. The molecule has 1 saturated heterocycles. The number of halogens is 3. The van der Waals surface area contributed by atoms with Crippen molar-refractivity contribution in [2.75, 3.05) is 6.54 Å². The largest absolute Gasteiger partial charge is 0.416 e. The molecule has 2 atom stereocenters. The van der Waals surface area contributed by atoms with Crippen LogP contribution in [0.5, 0.6) is 0 Å². The van der Waals surface area contributed by atoms with Crippen LogP contribution in [0, 0.1) is 0 Å². The molecule has 0 aliphatic carbocycles. The van der Waals surface area contributed by atoms with Crippen molar-refractivity contribution in [3.63, 3.8) is 0 Å². The summed E-state index contributed by atoms with van der Waals surface area (Å²) in [6.07, 6.45) is -2.00. The minimum Gasteiger partial charge on any atom is -0.391 e. The zero-order chi connectivity index (χ0) is 18.2. The minimum absolute atomic E-state index is 0.0804. The highest BCUT2D eigenvalue weighted by Crippen LogP contribution is 2.36. The number of aliphatic hydroxyl groups is 1. The van der Waals surface area contributed by atoms with E-state index < -0.39 is 23.9 Å². The fourth-order valence-electron chi connectivity index (χ4n) is 3.09. The lowest BCUT2D eigenvalue weighted by atomic mass is 10.0. The van der Waals surface area contributed by atoms with Gasteiger partial charge in [0.1, 0.15) is 0 Å². The Labute approximate surface area is 142 Å². The lowest BCUT2D eigenvalue weighted by molar-refractivity contribution is -0.137. The summed E-state index contributed by atoms with van der Waals surface area (Å²) in [4.78, 5) is 14.1. The summed E-state index contributed by atoms with van der Waals surface area (Å²) in [6.45, 7) is 2.57. The van der Waals surface area contributed by atoms with E-state index in [1.807, 2.05) is 6.92 Å². The van der Waals surface area contributed by atoms with Gasteiger partial charge in [0.2, 0.25) is 0 Å². The van der Waals surface area contributed by atoms with Gasteiger partial charge in [0.05, 0.1) is 29.5 Å². The molecule has 0 bridgehead atoms. The number of benzene rings is 1. The smallest absolute Gasteiger partial charge is 0.391 e. The summed E-state index contributed by atoms with van der Waals surface area (Å²) in [5.41, 5.74) is -0.0480. The van der Waals surface area contributed by atoms with E-state index in [4.69, 9.17) is 0 Å². The standard InChI is InChI=1S/C17H18F3N3O2/c1-2-22-9-12(8-21-22)16(25)23-10-14(24)7-15(23)11-4-3-5-13(6-11)17(18,19)20/h3-6,8-9,14-15,24H,2,7,10H2,1H3/t14-,15+/m1/s1. The van der Waals surface area contributed by atoms with E-state index in [-0.39, 0.29) is 18.9 Å². The highest BCUT2D eigenvalue weighted by atomic mass is 19.4. The first-order valence-corrected chi connectivity index (χ1v) is 7.98. The van der Waals surface area contributed by atoms with Gasteiger partial charge >= 0.3 is 6.18 Å². The molecule has 5 nitrogen and oxygen atoms in total. The molecule has 3 rings (SSSR count). The maximum atomic E-state index is 13.0. The van der Waals surface area contributed by atoms with Crippen LogP contribution in [-0.4, -0.2) is 38.3 Å². The molecule has 134 valence electrons. The number of rotatable bonds is 3. The quantitative estimate of drug-likeness (QED) is 0.923. The van der Waals surface area contributed by atoms with Crippen molar-refractivity contribution in [2.24, 2.45) is 0 Å². The molecule has 1 aliphatic rings. The van der Waals surface area contributed by atoms with Crippen molar-refractivity contribution < 1.29 is 23.1 Å². The number of likely N-dealkylation sites (tertiary alicyclic amines) is 1. The molecule has 1 fully saturated rings. The van der Waals surface area contributed by atoms with Crippen LogP contribution in [0.2, 0.25) is 0 Å². The maximum absolute atomic E-state index is 13.0. The second-order valence-corrected chi connectivity index (χ2v) is 6.07. The predicted molar refractivity (Wildman–Crippen MR) is 83.7 cm³/mol. The minimum atomic E-state index is -4.45. The average molecular weight is 353 g/mol. The van der Waals surface area contributed by atoms with Gasteiger partial charge in [-0.15, -0.1) is 0 Å². The summed E-state index contributed by atoms with van der Waals surface area (Å²) in [6, 6.07) is 4.30. The predicted octanol–water partition coefficient (Wildman–Crippen LogP) is 2.87.